The zero-order valence-electron chi connectivity index (χ0n) is 12.6. The summed E-state index contributed by atoms with van der Waals surface area (Å²) in [6, 6.07) is 0. The molecule has 1 aliphatic rings. The van der Waals surface area contributed by atoms with Crippen LogP contribution >= 0.6 is 0 Å². The summed E-state index contributed by atoms with van der Waals surface area (Å²) in [6.45, 7) is 13.9. The second kappa shape index (κ2) is 6.12. The number of hydrogen-bond acceptors (Lipinski definition) is 2. The maximum absolute atomic E-state index is 4.67. The van der Waals surface area contributed by atoms with E-state index < -0.39 is 0 Å². The summed E-state index contributed by atoms with van der Waals surface area (Å²) in [4.78, 5) is 9.18. The van der Waals surface area contributed by atoms with Crippen molar-refractivity contribution < 1.29 is 0 Å². The molecule has 18 heavy (non-hydrogen) atoms. The van der Waals surface area contributed by atoms with Crippen LogP contribution in [0.5, 0.6) is 0 Å². The fourth-order valence-electron chi connectivity index (χ4n) is 1.95. The second-order valence-electron chi connectivity index (χ2n) is 5.93. The molecule has 0 amide bonds. The summed E-state index contributed by atoms with van der Waals surface area (Å²) in [5, 5.41) is 0. The van der Waals surface area contributed by atoms with Crippen molar-refractivity contribution in [2.45, 2.75) is 48.0 Å². The molecule has 2 nitrogen and oxygen atoms in total. The highest BCUT2D eigenvalue weighted by atomic mass is 14.8. The Balaban J connectivity index is 3.19. The van der Waals surface area contributed by atoms with Crippen molar-refractivity contribution in [2.75, 3.05) is 6.54 Å². The first-order valence-electron chi connectivity index (χ1n) is 6.91. The molecular formula is C16H26N2. The Kier molecular flexibility index (Phi) is 5.06. The Morgan fingerprint density at radius 1 is 1.33 bits per heavy atom. The highest BCUT2D eigenvalue weighted by molar-refractivity contribution is 6.16. The Morgan fingerprint density at radius 2 is 2.00 bits per heavy atom. The minimum Gasteiger partial charge on any atom is -0.283 e. The van der Waals surface area contributed by atoms with E-state index in [1.807, 2.05) is 6.21 Å². The predicted molar refractivity (Wildman–Crippen MR) is 81.5 cm³/mol. The number of aliphatic imine (C=N–C) groups is 2. The van der Waals surface area contributed by atoms with E-state index in [-0.39, 0.29) is 5.41 Å². The van der Waals surface area contributed by atoms with Gasteiger partial charge in [-0.15, -0.1) is 0 Å². The smallest absolute Gasteiger partial charge is 0.0862 e. The van der Waals surface area contributed by atoms with Crippen LogP contribution in [0.2, 0.25) is 0 Å². The van der Waals surface area contributed by atoms with Crippen molar-refractivity contribution in [3.8, 4) is 0 Å². The third kappa shape index (κ3) is 3.94. The van der Waals surface area contributed by atoms with Crippen LogP contribution in [0.4, 0.5) is 0 Å². The molecule has 0 fully saturated rings. The van der Waals surface area contributed by atoms with Crippen molar-refractivity contribution >= 4 is 11.9 Å². The summed E-state index contributed by atoms with van der Waals surface area (Å²) < 4.78 is 0. The molecule has 0 aromatic carbocycles. The third-order valence-corrected chi connectivity index (χ3v) is 3.01. The first-order valence-corrected chi connectivity index (χ1v) is 6.91. The molecule has 1 atom stereocenters. The summed E-state index contributed by atoms with van der Waals surface area (Å²) in [7, 11) is 0. The van der Waals surface area contributed by atoms with Gasteiger partial charge in [0, 0.05) is 12.8 Å². The van der Waals surface area contributed by atoms with E-state index in [1.54, 1.807) is 0 Å². The number of dihydropyridines is 1. The standard InChI is InChI=1S/C16H26N2/c1-7-12(3)13-9-10-18-14(11-16(4,5)6)15(13)17-8-2/h9-12H,7-8H2,1-6H3/b14-11+,17-15?. The number of allylic oxidation sites excluding steroid dienone is 3. The lowest BCUT2D eigenvalue weighted by Gasteiger charge is -2.22. The molecule has 0 saturated carbocycles. The van der Waals surface area contributed by atoms with Crippen LogP contribution in [-0.4, -0.2) is 18.5 Å². The monoisotopic (exact) mass is 246 g/mol. The minimum absolute atomic E-state index is 0.124. The fraction of sp³-hybridized carbons (Fsp3) is 0.625. The zero-order valence-corrected chi connectivity index (χ0v) is 12.6. The van der Waals surface area contributed by atoms with Crippen molar-refractivity contribution in [2.24, 2.45) is 21.3 Å². The second-order valence-corrected chi connectivity index (χ2v) is 5.93. The zero-order chi connectivity index (χ0) is 13.8. The van der Waals surface area contributed by atoms with Gasteiger partial charge in [0.2, 0.25) is 0 Å². The minimum atomic E-state index is 0.124. The van der Waals surface area contributed by atoms with Crippen LogP contribution in [0.3, 0.4) is 0 Å². The van der Waals surface area contributed by atoms with Gasteiger partial charge in [0.1, 0.15) is 0 Å². The van der Waals surface area contributed by atoms with Gasteiger partial charge in [0.15, 0.2) is 0 Å². The molecule has 1 unspecified atom stereocenters. The van der Waals surface area contributed by atoms with Gasteiger partial charge in [0.25, 0.3) is 0 Å². The largest absolute Gasteiger partial charge is 0.283 e. The average molecular weight is 246 g/mol. The summed E-state index contributed by atoms with van der Waals surface area (Å²) in [5.74, 6) is 0.533. The lowest BCUT2D eigenvalue weighted by Crippen LogP contribution is -2.18. The fourth-order valence-corrected chi connectivity index (χ4v) is 1.95. The lowest BCUT2D eigenvalue weighted by atomic mass is 9.88. The molecular weight excluding hydrogens is 220 g/mol. The van der Waals surface area contributed by atoms with Gasteiger partial charge >= 0.3 is 0 Å². The van der Waals surface area contributed by atoms with Gasteiger partial charge in [-0.25, -0.2) is 0 Å². The Hall–Kier alpha value is -1.18. The third-order valence-electron chi connectivity index (χ3n) is 3.01. The molecule has 0 N–H and O–H groups in total. The van der Waals surface area contributed by atoms with E-state index in [4.69, 9.17) is 0 Å². The van der Waals surface area contributed by atoms with Crippen molar-refractivity contribution in [1.82, 2.24) is 0 Å². The molecule has 1 heterocycles. The van der Waals surface area contributed by atoms with Crippen LogP contribution < -0.4 is 0 Å². The molecule has 100 valence electrons. The summed E-state index contributed by atoms with van der Waals surface area (Å²) in [6.07, 6.45) is 7.37. The Bertz CT molecular complexity index is 403. The van der Waals surface area contributed by atoms with Crippen molar-refractivity contribution in [3.05, 3.63) is 23.4 Å². The maximum atomic E-state index is 4.67. The van der Waals surface area contributed by atoms with Gasteiger partial charge < -0.3 is 0 Å². The van der Waals surface area contributed by atoms with E-state index >= 15 is 0 Å². The van der Waals surface area contributed by atoms with Crippen LogP contribution in [-0.2, 0) is 0 Å². The van der Waals surface area contributed by atoms with Crippen molar-refractivity contribution in [3.63, 3.8) is 0 Å². The molecule has 1 rings (SSSR count). The topological polar surface area (TPSA) is 24.7 Å². The molecule has 0 spiro atoms. The van der Waals surface area contributed by atoms with Gasteiger partial charge in [-0.1, -0.05) is 40.7 Å². The number of nitrogens with zero attached hydrogens (tertiary/aromatic N) is 2. The molecule has 0 aromatic rings. The summed E-state index contributed by atoms with van der Waals surface area (Å²) >= 11 is 0. The van der Waals surface area contributed by atoms with Gasteiger partial charge in [0.05, 0.1) is 11.4 Å². The lowest BCUT2D eigenvalue weighted by molar-refractivity contribution is 0.541. The molecule has 0 aliphatic carbocycles. The van der Waals surface area contributed by atoms with Crippen LogP contribution in [0.25, 0.3) is 0 Å². The van der Waals surface area contributed by atoms with E-state index in [1.165, 1.54) is 5.57 Å². The highest BCUT2D eigenvalue weighted by Gasteiger charge is 2.21. The van der Waals surface area contributed by atoms with Crippen LogP contribution in [0.15, 0.2) is 33.4 Å². The highest BCUT2D eigenvalue weighted by Crippen LogP contribution is 2.27. The first-order chi connectivity index (χ1) is 8.39. The van der Waals surface area contributed by atoms with E-state index in [9.17, 15) is 0 Å². The van der Waals surface area contributed by atoms with Gasteiger partial charge in [-0.3, -0.25) is 9.98 Å². The van der Waals surface area contributed by atoms with Crippen LogP contribution in [0, 0.1) is 11.3 Å². The number of rotatable bonds is 3. The Morgan fingerprint density at radius 3 is 2.50 bits per heavy atom. The number of hydrogen-bond donors (Lipinski definition) is 0. The molecule has 0 saturated heterocycles. The SMILES string of the molecule is CCN=C1C(C(C)CC)=CC=N/C1=C/C(C)(C)C. The molecule has 1 aliphatic heterocycles. The predicted octanol–water partition coefficient (Wildman–Crippen LogP) is 4.43. The summed E-state index contributed by atoms with van der Waals surface area (Å²) in [5.41, 5.74) is 3.57. The van der Waals surface area contributed by atoms with Crippen LogP contribution in [0.1, 0.15) is 48.0 Å². The van der Waals surface area contributed by atoms with E-state index in [0.717, 1.165) is 24.4 Å². The van der Waals surface area contributed by atoms with Gasteiger partial charge in [-0.05, 0) is 36.3 Å². The maximum Gasteiger partial charge on any atom is 0.0862 e. The van der Waals surface area contributed by atoms with Crippen molar-refractivity contribution in [1.29, 1.82) is 0 Å². The molecule has 0 aromatic heterocycles. The Labute approximate surface area is 112 Å². The molecule has 0 bridgehead atoms. The van der Waals surface area contributed by atoms with Gasteiger partial charge in [-0.2, -0.15) is 0 Å². The average Bonchev–Trinajstić information content (AvgIpc) is 2.28. The molecule has 0 radical (unpaired) electrons. The molecule has 2 heteroatoms. The first kappa shape index (κ1) is 14.9. The van der Waals surface area contributed by atoms with E-state index in [2.05, 4.69) is 63.7 Å². The normalized spacial score (nSPS) is 22.4. The quantitative estimate of drug-likeness (QED) is 0.703. The van der Waals surface area contributed by atoms with E-state index in [0.29, 0.717) is 5.92 Å².